The van der Waals surface area contributed by atoms with Crippen LogP contribution in [0.5, 0.6) is 0 Å². The Hall–Kier alpha value is -1.32. The van der Waals surface area contributed by atoms with E-state index in [1.165, 1.54) is 22.0 Å². The third-order valence-corrected chi connectivity index (χ3v) is 4.39. The molecule has 0 amide bonds. The summed E-state index contributed by atoms with van der Waals surface area (Å²) in [6, 6.07) is 6.52. The number of nitrogens with zero attached hydrogens (tertiary/aromatic N) is 1. The van der Waals surface area contributed by atoms with Gasteiger partial charge in [-0.15, -0.1) is 24.0 Å². The number of aromatic amines is 1. The van der Waals surface area contributed by atoms with Crippen molar-refractivity contribution in [3.8, 4) is 0 Å². The molecule has 0 aliphatic carbocycles. The first-order valence-corrected chi connectivity index (χ1v) is 9.91. The number of H-pyrrole nitrogens is 1. The summed E-state index contributed by atoms with van der Waals surface area (Å²) in [5.74, 6) is 0.800. The molecule has 2 aromatic rings. The molecule has 158 valence electrons. The van der Waals surface area contributed by atoms with Crippen LogP contribution in [0.2, 0.25) is 0 Å². The average molecular weight is 502 g/mol. The third kappa shape index (κ3) is 8.79. The summed E-state index contributed by atoms with van der Waals surface area (Å²) >= 11 is 0. The number of hydrogen-bond donors (Lipinski definition) is 3. The largest absolute Gasteiger partial charge is 0.379 e. The number of halogens is 1. The number of aryl methyl sites for hydroxylation is 1. The quantitative estimate of drug-likeness (QED) is 0.180. The fourth-order valence-corrected chi connectivity index (χ4v) is 2.85. The lowest BCUT2D eigenvalue weighted by Crippen LogP contribution is -2.39. The third-order valence-electron chi connectivity index (χ3n) is 4.39. The monoisotopic (exact) mass is 502 g/mol. The summed E-state index contributed by atoms with van der Waals surface area (Å²) in [4.78, 5) is 7.61. The Morgan fingerprint density at radius 2 is 1.82 bits per heavy atom. The molecule has 0 atom stereocenters. The van der Waals surface area contributed by atoms with Crippen LogP contribution in [0.15, 0.2) is 29.4 Å². The summed E-state index contributed by atoms with van der Waals surface area (Å²) in [7, 11) is 1.78. The van der Waals surface area contributed by atoms with Gasteiger partial charge in [-0.1, -0.05) is 25.5 Å². The van der Waals surface area contributed by atoms with Gasteiger partial charge in [0.05, 0.1) is 19.8 Å². The first-order chi connectivity index (χ1) is 13.2. The van der Waals surface area contributed by atoms with Gasteiger partial charge in [-0.25, -0.2) is 0 Å². The first-order valence-electron chi connectivity index (χ1n) is 9.91. The lowest BCUT2D eigenvalue weighted by molar-refractivity contribution is 0.0487. The Bertz CT molecular complexity index is 703. The molecule has 0 radical (unpaired) electrons. The molecule has 2 rings (SSSR count). The first kappa shape index (κ1) is 24.7. The Labute approximate surface area is 185 Å². The van der Waals surface area contributed by atoms with E-state index in [4.69, 9.17) is 9.47 Å². The number of nitrogens with one attached hydrogen (secondary N) is 3. The number of rotatable bonds is 12. The second kappa shape index (κ2) is 14.6. The normalized spacial score (nSPS) is 11.5. The van der Waals surface area contributed by atoms with Crippen LogP contribution in [-0.2, 0) is 15.9 Å². The molecule has 0 spiro atoms. The minimum Gasteiger partial charge on any atom is -0.379 e. The van der Waals surface area contributed by atoms with Crippen LogP contribution in [0.3, 0.4) is 0 Å². The summed E-state index contributed by atoms with van der Waals surface area (Å²) < 4.78 is 11.0. The fraction of sp³-hybridized carbons (Fsp3) is 0.571. The van der Waals surface area contributed by atoms with E-state index in [2.05, 4.69) is 58.9 Å². The van der Waals surface area contributed by atoms with Crippen LogP contribution in [0.25, 0.3) is 10.9 Å². The van der Waals surface area contributed by atoms with Gasteiger partial charge in [0, 0.05) is 43.8 Å². The molecule has 1 aromatic heterocycles. The zero-order valence-electron chi connectivity index (χ0n) is 17.3. The van der Waals surface area contributed by atoms with E-state index >= 15 is 0 Å². The van der Waals surface area contributed by atoms with E-state index < -0.39 is 0 Å². The van der Waals surface area contributed by atoms with E-state index in [-0.39, 0.29) is 24.0 Å². The van der Waals surface area contributed by atoms with Crippen LogP contribution in [-0.4, -0.2) is 57.5 Å². The summed E-state index contributed by atoms with van der Waals surface area (Å²) in [6.07, 6.45) is 5.31. The standard InChI is InChI=1S/C21H34N4O2.HI/c1-4-5-11-26-13-14-27-12-10-24-21(22-3)23-9-8-18-16-25-20-15-17(2)6-7-19(18)20;/h6-7,15-16,25H,4-5,8-14H2,1-3H3,(H2,22,23,24);1H. The maximum absolute atomic E-state index is 5.56. The SMILES string of the molecule is CCCCOCCOCCNC(=NC)NCCc1c[nH]c2cc(C)ccc12.I. The highest BCUT2D eigenvalue weighted by molar-refractivity contribution is 14.0. The van der Waals surface area contributed by atoms with Gasteiger partial charge in [0.2, 0.25) is 0 Å². The molecule has 0 saturated heterocycles. The maximum atomic E-state index is 5.56. The molecule has 0 saturated carbocycles. The summed E-state index contributed by atoms with van der Waals surface area (Å²) in [5, 5.41) is 7.92. The number of fused-ring (bicyclic) bond motifs is 1. The van der Waals surface area contributed by atoms with Crippen molar-refractivity contribution in [2.75, 3.05) is 46.6 Å². The molecule has 0 bridgehead atoms. The number of guanidine groups is 1. The van der Waals surface area contributed by atoms with Gasteiger partial charge in [-0.3, -0.25) is 4.99 Å². The summed E-state index contributed by atoms with van der Waals surface area (Å²) in [6.45, 7) is 8.58. The molecule has 3 N–H and O–H groups in total. The number of unbranched alkanes of at least 4 members (excludes halogenated alkanes) is 1. The van der Waals surface area contributed by atoms with Gasteiger partial charge in [0.1, 0.15) is 0 Å². The number of ether oxygens (including phenoxy) is 2. The van der Waals surface area contributed by atoms with Gasteiger partial charge in [0.25, 0.3) is 0 Å². The van der Waals surface area contributed by atoms with Crippen LogP contribution >= 0.6 is 24.0 Å². The maximum Gasteiger partial charge on any atom is 0.191 e. The zero-order chi connectivity index (χ0) is 19.3. The molecule has 0 aliphatic rings. The molecule has 28 heavy (non-hydrogen) atoms. The van der Waals surface area contributed by atoms with E-state index in [0.717, 1.165) is 44.9 Å². The van der Waals surface area contributed by atoms with E-state index in [1.54, 1.807) is 7.05 Å². The van der Waals surface area contributed by atoms with Gasteiger partial charge in [-0.2, -0.15) is 0 Å². The van der Waals surface area contributed by atoms with Crippen LogP contribution in [0.1, 0.15) is 30.9 Å². The van der Waals surface area contributed by atoms with Gasteiger partial charge < -0.3 is 25.1 Å². The number of hydrogen-bond acceptors (Lipinski definition) is 3. The van der Waals surface area contributed by atoms with E-state index in [9.17, 15) is 0 Å². The Kier molecular flexibility index (Phi) is 12.9. The van der Waals surface area contributed by atoms with Gasteiger partial charge >= 0.3 is 0 Å². The predicted molar refractivity (Wildman–Crippen MR) is 128 cm³/mol. The van der Waals surface area contributed by atoms with Crippen molar-refractivity contribution in [2.24, 2.45) is 4.99 Å². The van der Waals surface area contributed by atoms with Crippen LogP contribution in [0.4, 0.5) is 0 Å². The van der Waals surface area contributed by atoms with Crippen molar-refractivity contribution < 1.29 is 9.47 Å². The second-order valence-corrected chi connectivity index (χ2v) is 6.62. The lowest BCUT2D eigenvalue weighted by Gasteiger charge is -2.12. The molecule has 7 heteroatoms. The second-order valence-electron chi connectivity index (χ2n) is 6.62. The van der Waals surface area contributed by atoms with E-state index in [0.29, 0.717) is 19.8 Å². The zero-order valence-corrected chi connectivity index (χ0v) is 19.7. The highest BCUT2D eigenvalue weighted by Gasteiger charge is 2.04. The lowest BCUT2D eigenvalue weighted by atomic mass is 10.1. The molecule has 0 unspecified atom stereocenters. The highest BCUT2D eigenvalue weighted by atomic mass is 127. The average Bonchev–Trinajstić information content (AvgIpc) is 3.07. The van der Waals surface area contributed by atoms with Crippen molar-refractivity contribution in [1.29, 1.82) is 0 Å². The van der Waals surface area contributed by atoms with Gasteiger partial charge in [-0.05, 0) is 37.0 Å². The van der Waals surface area contributed by atoms with Gasteiger partial charge in [0.15, 0.2) is 5.96 Å². The minimum absolute atomic E-state index is 0. The van der Waals surface area contributed by atoms with Crippen molar-refractivity contribution in [1.82, 2.24) is 15.6 Å². The molecule has 1 heterocycles. The predicted octanol–water partition coefficient (Wildman–Crippen LogP) is 3.64. The van der Waals surface area contributed by atoms with Crippen molar-refractivity contribution >= 4 is 40.8 Å². The van der Waals surface area contributed by atoms with Crippen molar-refractivity contribution in [3.63, 3.8) is 0 Å². The van der Waals surface area contributed by atoms with Crippen LogP contribution in [0, 0.1) is 6.92 Å². The number of aromatic nitrogens is 1. The minimum atomic E-state index is 0. The highest BCUT2D eigenvalue weighted by Crippen LogP contribution is 2.19. The Morgan fingerprint density at radius 1 is 1.07 bits per heavy atom. The molecular weight excluding hydrogens is 467 g/mol. The Balaban J connectivity index is 0.00000392. The topological polar surface area (TPSA) is 70.7 Å². The van der Waals surface area contributed by atoms with Crippen LogP contribution < -0.4 is 10.6 Å². The Morgan fingerprint density at radius 3 is 2.57 bits per heavy atom. The molecular formula is C21H35IN4O2. The molecule has 0 fully saturated rings. The van der Waals surface area contributed by atoms with Crippen molar-refractivity contribution in [3.05, 3.63) is 35.5 Å². The molecule has 0 aliphatic heterocycles. The molecule has 1 aromatic carbocycles. The number of benzene rings is 1. The molecule has 6 nitrogen and oxygen atoms in total. The smallest absolute Gasteiger partial charge is 0.191 e. The van der Waals surface area contributed by atoms with E-state index in [1.807, 2.05) is 0 Å². The van der Waals surface area contributed by atoms with Crippen molar-refractivity contribution in [2.45, 2.75) is 33.1 Å². The fourth-order valence-electron chi connectivity index (χ4n) is 2.85. The number of aliphatic imine (C=N–C) groups is 1. The summed E-state index contributed by atoms with van der Waals surface area (Å²) in [5.41, 5.74) is 3.79.